The molecule has 2 aromatic carbocycles. The van der Waals surface area contributed by atoms with Crippen LogP contribution in [0.15, 0.2) is 36.4 Å². The number of nitriles is 1. The summed E-state index contributed by atoms with van der Waals surface area (Å²) in [5.74, 6) is -4.12. The molecule has 0 amide bonds. The number of rotatable bonds is 7. The highest BCUT2D eigenvalue weighted by Gasteiger charge is 2.24. The molecule has 2 unspecified atom stereocenters. The number of hydrogen-bond acceptors (Lipinski definition) is 5. The first kappa shape index (κ1) is 21.9. The molecule has 2 atom stereocenters. The van der Waals surface area contributed by atoms with Gasteiger partial charge in [0.25, 0.3) is 0 Å². The number of hydrogen-bond donors (Lipinski definition) is 0. The van der Waals surface area contributed by atoms with Gasteiger partial charge in [-0.25, -0.2) is 9.18 Å². The van der Waals surface area contributed by atoms with Crippen LogP contribution in [0.25, 0.3) is 0 Å². The second-order valence-corrected chi connectivity index (χ2v) is 7.14. The molecule has 0 aliphatic carbocycles. The van der Waals surface area contributed by atoms with Crippen LogP contribution in [-0.2, 0) is 9.47 Å². The zero-order valence-electron chi connectivity index (χ0n) is 16.7. The molecule has 1 heterocycles. The first-order valence-corrected chi connectivity index (χ1v) is 9.97. The van der Waals surface area contributed by atoms with Crippen LogP contribution in [0.5, 0.6) is 5.75 Å². The molecule has 0 saturated carbocycles. The van der Waals surface area contributed by atoms with Crippen LogP contribution >= 0.6 is 0 Å². The van der Waals surface area contributed by atoms with Gasteiger partial charge in [-0.2, -0.15) is 9.65 Å². The van der Waals surface area contributed by atoms with E-state index >= 15 is 0 Å². The Kier molecular flexibility index (Phi) is 7.50. The number of halogens is 2. The van der Waals surface area contributed by atoms with E-state index < -0.39 is 28.9 Å². The van der Waals surface area contributed by atoms with Gasteiger partial charge in [0.1, 0.15) is 12.2 Å². The van der Waals surface area contributed by atoms with Crippen molar-refractivity contribution in [3.05, 3.63) is 64.7 Å². The number of nitrogens with zero attached hydrogens (tertiary/aromatic N) is 1. The van der Waals surface area contributed by atoms with Gasteiger partial charge in [0.05, 0.1) is 30.4 Å². The fourth-order valence-corrected chi connectivity index (χ4v) is 3.21. The number of carbonyl (C=O) groups is 1. The maximum absolute atomic E-state index is 13.9. The number of unbranched alkanes of at least 4 members (excludes halogenated alkanes) is 2. The average molecular weight is 415 g/mol. The SMILES string of the molecule is CCCCCC1COC(c2ccc(C(=O)Oc3ccc(C#N)c(F)c3F)cc2)CO1. The largest absolute Gasteiger partial charge is 0.420 e. The Balaban J connectivity index is 1.58. The molecule has 158 valence electrons. The van der Waals surface area contributed by atoms with Crippen molar-refractivity contribution < 1.29 is 27.8 Å². The van der Waals surface area contributed by atoms with Crippen molar-refractivity contribution in [1.29, 1.82) is 5.26 Å². The van der Waals surface area contributed by atoms with E-state index in [4.69, 9.17) is 19.5 Å². The Hall–Kier alpha value is -2.82. The highest BCUT2D eigenvalue weighted by Crippen LogP contribution is 2.26. The summed E-state index contributed by atoms with van der Waals surface area (Å²) in [5, 5.41) is 8.71. The maximum atomic E-state index is 13.9. The minimum Gasteiger partial charge on any atom is -0.420 e. The fourth-order valence-electron chi connectivity index (χ4n) is 3.21. The quantitative estimate of drug-likeness (QED) is 0.358. The van der Waals surface area contributed by atoms with Crippen LogP contribution in [-0.4, -0.2) is 25.3 Å². The number of carbonyl (C=O) groups excluding carboxylic acids is 1. The Morgan fingerprint density at radius 1 is 1.10 bits per heavy atom. The average Bonchev–Trinajstić information content (AvgIpc) is 2.78. The zero-order valence-corrected chi connectivity index (χ0v) is 16.7. The van der Waals surface area contributed by atoms with Crippen LogP contribution in [0, 0.1) is 23.0 Å². The van der Waals surface area contributed by atoms with Crippen molar-refractivity contribution in [2.24, 2.45) is 0 Å². The Morgan fingerprint density at radius 2 is 1.87 bits per heavy atom. The number of benzene rings is 2. The molecular weight excluding hydrogens is 392 g/mol. The Labute approximate surface area is 174 Å². The molecule has 1 saturated heterocycles. The van der Waals surface area contributed by atoms with E-state index in [1.807, 2.05) is 0 Å². The van der Waals surface area contributed by atoms with Crippen molar-refractivity contribution in [2.75, 3.05) is 13.2 Å². The van der Waals surface area contributed by atoms with Crippen molar-refractivity contribution >= 4 is 5.97 Å². The van der Waals surface area contributed by atoms with Gasteiger partial charge in [-0.15, -0.1) is 0 Å². The van der Waals surface area contributed by atoms with Crippen LogP contribution in [0.4, 0.5) is 8.78 Å². The van der Waals surface area contributed by atoms with Crippen molar-refractivity contribution in [3.8, 4) is 11.8 Å². The summed E-state index contributed by atoms with van der Waals surface area (Å²) in [7, 11) is 0. The van der Waals surface area contributed by atoms with Gasteiger partial charge in [-0.05, 0) is 36.2 Å². The van der Waals surface area contributed by atoms with E-state index in [9.17, 15) is 13.6 Å². The van der Waals surface area contributed by atoms with Crippen molar-refractivity contribution in [1.82, 2.24) is 0 Å². The normalized spacial score (nSPS) is 18.6. The summed E-state index contributed by atoms with van der Waals surface area (Å²) in [5.41, 5.74) is 0.574. The zero-order chi connectivity index (χ0) is 21.5. The molecular formula is C23H23F2NO4. The predicted molar refractivity (Wildman–Crippen MR) is 105 cm³/mol. The molecule has 7 heteroatoms. The Bertz CT molecular complexity index is 916. The summed E-state index contributed by atoms with van der Waals surface area (Å²) in [6.45, 7) is 3.13. The van der Waals surface area contributed by atoms with E-state index in [0.29, 0.717) is 13.2 Å². The number of esters is 1. The lowest BCUT2D eigenvalue weighted by Crippen LogP contribution is -2.31. The monoisotopic (exact) mass is 415 g/mol. The maximum Gasteiger partial charge on any atom is 0.343 e. The van der Waals surface area contributed by atoms with E-state index in [1.165, 1.54) is 24.6 Å². The molecule has 0 radical (unpaired) electrons. The predicted octanol–water partition coefficient (Wildman–Crippen LogP) is 5.09. The molecule has 1 aliphatic heterocycles. The lowest BCUT2D eigenvalue weighted by atomic mass is 10.1. The van der Waals surface area contributed by atoms with Crippen molar-refractivity contribution in [3.63, 3.8) is 0 Å². The summed E-state index contributed by atoms with van der Waals surface area (Å²) in [6, 6.07) is 10.1. The van der Waals surface area contributed by atoms with Crippen LogP contribution in [0.2, 0.25) is 0 Å². The third kappa shape index (κ3) is 5.21. The second-order valence-electron chi connectivity index (χ2n) is 7.14. The van der Waals surface area contributed by atoms with Gasteiger partial charge >= 0.3 is 5.97 Å². The van der Waals surface area contributed by atoms with E-state index in [0.717, 1.165) is 37.0 Å². The standard InChI is InChI=1S/C23H23F2NO4/c1-2-3-4-5-18-13-29-20(14-28-18)15-6-8-16(9-7-15)23(27)30-19-11-10-17(12-26)21(24)22(19)25/h6-11,18,20H,2-5,13-14H2,1H3. The minimum atomic E-state index is -1.37. The van der Waals surface area contributed by atoms with Crippen molar-refractivity contribution in [2.45, 2.75) is 44.8 Å². The van der Waals surface area contributed by atoms with Gasteiger partial charge in [0, 0.05) is 0 Å². The Morgan fingerprint density at radius 3 is 2.50 bits per heavy atom. The lowest BCUT2D eigenvalue weighted by Gasteiger charge is -2.30. The number of ether oxygens (including phenoxy) is 3. The third-order valence-electron chi connectivity index (χ3n) is 4.98. The van der Waals surface area contributed by atoms with E-state index in [-0.39, 0.29) is 17.8 Å². The summed E-state index contributed by atoms with van der Waals surface area (Å²) in [6.07, 6.45) is 4.35. The minimum absolute atomic E-state index is 0.116. The van der Waals surface area contributed by atoms with Crippen LogP contribution < -0.4 is 4.74 Å². The molecule has 0 bridgehead atoms. The fraction of sp³-hybridized carbons (Fsp3) is 0.391. The smallest absolute Gasteiger partial charge is 0.343 e. The van der Waals surface area contributed by atoms with Gasteiger partial charge in [0.2, 0.25) is 5.82 Å². The molecule has 3 rings (SSSR count). The molecule has 30 heavy (non-hydrogen) atoms. The molecule has 2 aromatic rings. The van der Waals surface area contributed by atoms with Gasteiger partial charge in [-0.3, -0.25) is 0 Å². The van der Waals surface area contributed by atoms with Gasteiger partial charge in [-0.1, -0.05) is 38.3 Å². The summed E-state index contributed by atoms with van der Waals surface area (Å²) < 4.78 is 44.3. The lowest BCUT2D eigenvalue weighted by molar-refractivity contribution is -0.137. The second kappa shape index (κ2) is 10.3. The first-order valence-electron chi connectivity index (χ1n) is 9.97. The molecule has 5 nitrogen and oxygen atoms in total. The molecule has 1 fully saturated rings. The highest BCUT2D eigenvalue weighted by atomic mass is 19.2. The molecule has 0 spiro atoms. The van der Waals surface area contributed by atoms with E-state index in [1.54, 1.807) is 12.1 Å². The van der Waals surface area contributed by atoms with Gasteiger partial charge in [0.15, 0.2) is 11.6 Å². The molecule has 1 aliphatic rings. The van der Waals surface area contributed by atoms with Crippen LogP contribution in [0.3, 0.4) is 0 Å². The third-order valence-corrected chi connectivity index (χ3v) is 4.98. The van der Waals surface area contributed by atoms with Gasteiger partial charge < -0.3 is 14.2 Å². The highest BCUT2D eigenvalue weighted by molar-refractivity contribution is 5.91. The molecule has 0 N–H and O–H groups in total. The topological polar surface area (TPSA) is 68.5 Å². The van der Waals surface area contributed by atoms with Crippen LogP contribution in [0.1, 0.15) is 60.2 Å². The molecule has 0 aromatic heterocycles. The van der Waals surface area contributed by atoms with E-state index in [2.05, 4.69) is 6.92 Å². The summed E-state index contributed by atoms with van der Waals surface area (Å²) in [4.78, 5) is 12.3. The first-order chi connectivity index (χ1) is 14.5. The summed E-state index contributed by atoms with van der Waals surface area (Å²) >= 11 is 0.